The smallest absolute Gasteiger partial charge is 0.242 e. The molecule has 0 saturated heterocycles. The van der Waals surface area contributed by atoms with E-state index < -0.39 is 10.0 Å². The minimum Gasteiger partial charge on any atom is -0.391 e. The molecule has 108 valence electrons. The Hall–Kier alpha value is -1.28. The Morgan fingerprint density at radius 1 is 1.35 bits per heavy atom. The van der Waals surface area contributed by atoms with Crippen molar-refractivity contribution in [3.63, 3.8) is 0 Å². The van der Waals surface area contributed by atoms with Crippen LogP contribution < -0.4 is 4.72 Å². The first-order chi connectivity index (χ1) is 9.45. The molecule has 0 bridgehead atoms. The topological polar surface area (TPSA) is 79.3 Å². The SMILES string of the molecule is Cc1ccncc1CNS(=O)(=O)c1c(C)csc1CO. The molecule has 7 heteroatoms. The van der Waals surface area contributed by atoms with Crippen LogP contribution >= 0.6 is 11.3 Å². The van der Waals surface area contributed by atoms with Crippen LogP contribution in [0.4, 0.5) is 0 Å². The van der Waals surface area contributed by atoms with Crippen LogP contribution in [0.1, 0.15) is 21.6 Å². The van der Waals surface area contributed by atoms with Gasteiger partial charge in [0.05, 0.1) is 11.5 Å². The number of nitrogens with one attached hydrogen (secondary N) is 1. The van der Waals surface area contributed by atoms with E-state index in [9.17, 15) is 13.5 Å². The number of aliphatic hydroxyl groups is 1. The van der Waals surface area contributed by atoms with Crippen molar-refractivity contribution in [1.82, 2.24) is 9.71 Å². The third-order valence-corrected chi connectivity index (χ3v) is 5.85. The highest BCUT2D eigenvalue weighted by Crippen LogP contribution is 2.26. The molecule has 5 nitrogen and oxygen atoms in total. The van der Waals surface area contributed by atoms with Gasteiger partial charge in [0.15, 0.2) is 0 Å². The fourth-order valence-electron chi connectivity index (χ4n) is 1.88. The van der Waals surface area contributed by atoms with E-state index in [0.717, 1.165) is 11.1 Å². The lowest BCUT2D eigenvalue weighted by Crippen LogP contribution is -2.24. The zero-order valence-corrected chi connectivity index (χ0v) is 12.9. The van der Waals surface area contributed by atoms with Gasteiger partial charge >= 0.3 is 0 Å². The van der Waals surface area contributed by atoms with E-state index >= 15 is 0 Å². The number of pyridine rings is 1. The average Bonchev–Trinajstić information content (AvgIpc) is 2.80. The highest BCUT2D eigenvalue weighted by atomic mass is 32.2. The van der Waals surface area contributed by atoms with Crippen molar-refractivity contribution >= 4 is 21.4 Å². The van der Waals surface area contributed by atoms with Crippen LogP contribution in [0.3, 0.4) is 0 Å². The summed E-state index contributed by atoms with van der Waals surface area (Å²) in [6.45, 7) is 3.53. The number of nitrogens with zero attached hydrogens (tertiary/aromatic N) is 1. The van der Waals surface area contributed by atoms with Crippen LogP contribution in [-0.4, -0.2) is 18.5 Å². The maximum Gasteiger partial charge on any atom is 0.242 e. The second-order valence-corrected chi connectivity index (χ2v) is 7.12. The van der Waals surface area contributed by atoms with Crippen LogP contribution in [0.25, 0.3) is 0 Å². The van der Waals surface area contributed by atoms with Crippen molar-refractivity contribution in [3.8, 4) is 0 Å². The molecule has 2 rings (SSSR count). The first-order valence-electron chi connectivity index (χ1n) is 6.02. The molecule has 2 aromatic heterocycles. The van der Waals surface area contributed by atoms with Gasteiger partial charge in [-0.15, -0.1) is 11.3 Å². The third-order valence-electron chi connectivity index (χ3n) is 3.00. The molecule has 0 aliphatic carbocycles. The van der Waals surface area contributed by atoms with Gasteiger partial charge in [-0.25, -0.2) is 13.1 Å². The predicted molar refractivity (Wildman–Crippen MR) is 78.0 cm³/mol. The Morgan fingerprint density at radius 3 is 2.75 bits per heavy atom. The van der Waals surface area contributed by atoms with Gasteiger partial charge in [-0.1, -0.05) is 0 Å². The normalized spacial score (nSPS) is 11.8. The Morgan fingerprint density at radius 2 is 2.10 bits per heavy atom. The minimum atomic E-state index is -3.63. The fourth-order valence-corrected chi connectivity index (χ4v) is 4.55. The summed E-state index contributed by atoms with van der Waals surface area (Å²) >= 11 is 1.25. The van der Waals surface area contributed by atoms with Crippen molar-refractivity contribution in [1.29, 1.82) is 0 Å². The summed E-state index contributed by atoms with van der Waals surface area (Å²) in [6.07, 6.45) is 3.31. The summed E-state index contributed by atoms with van der Waals surface area (Å²) in [4.78, 5) is 4.63. The largest absolute Gasteiger partial charge is 0.391 e. The summed E-state index contributed by atoms with van der Waals surface area (Å²) in [7, 11) is -3.63. The first-order valence-corrected chi connectivity index (χ1v) is 8.39. The molecule has 0 fully saturated rings. The van der Waals surface area contributed by atoms with Gasteiger partial charge in [-0.3, -0.25) is 4.98 Å². The summed E-state index contributed by atoms with van der Waals surface area (Å²) in [5, 5.41) is 11.0. The van der Waals surface area contributed by atoms with Crippen LogP contribution in [0.5, 0.6) is 0 Å². The number of aliphatic hydroxyl groups excluding tert-OH is 1. The van der Waals surface area contributed by atoms with Crippen LogP contribution in [-0.2, 0) is 23.2 Å². The number of thiophene rings is 1. The van der Waals surface area contributed by atoms with E-state index in [2.05, 4.69) is 9.71 Å². The number of aromatic nitrogens is 1. The Labute approximate surface area is 122 Å². The molecule has 0 saturated carbocycles. The van der Waals surface area contributed by atoms with Gasteiger partial charge in [0.1, 0.15) is 4.90 Å². The van der Waals surface area contributed by atoms with Crippen molar-refractivity contribution in [2.45, 2.75) is 31.9 Å². The minimum absolute atomic E-state index is 0.183. The molecule has 0 aliphatic rings. The van der Waals surface area contributed by atoms with Crippen molar-refractivity contribution in [3.05, 3.63) is 45.4 Å². The van der Waals surface area contributed by atoms with Gasteiger partial charge in [0.2, 0.25) is 10.0 Å². The van der Waals surface area contributed by atoms with Gasteiger partial charge < -0.3 is 5.11 Å². The average molecular weight is 312 g/mol. The zero-order chi connectivity index (χ0) is 14.8. The number of hydrogen-bond acceptors (Lipinski definition) is 5. The van der Waals surface area contributed by atoms with Crippen molar-refractivity contribution < 1.29 is 13.5 Å². The Bertz CT molecular complexity index is 708. The predicted octanol–water partition coefficient (Wildman–Crippen LogP) is 1.73. The number of hydrogen-bond donors (Lipinski definition) is 2. The molecule has 0 spiro atoms. The fraction of sp³-hybridized carbons (Fsp3) is 0.308. The molecule has 0 radical (unpaired) electrons. The molecular weight excluding hydrogens is 296 g/mol. The number of sulfonamides is 1. The zero-order valence-electron chi connectivity index (χ0n) is 11.3. The third kappa shape index (κ3) is 3.06. The number of rotatable bonds is 5. The van der Waals surface area contributed by atoms with E-state index in [1.807, 2.05) is 13.0 Å². The Kier molecular flexibility index (Phi) is 4.54. The monoisotopic (exact) mass is 312 g/mol. The lowest BCUT2D eigenvalue weighted by Gasteiger charge is -2.09. The second kappa shape index (κ2) is 6.01. The van der Waals surface area contributed by atoms with Crippen molar-refractivity contribution in [2.24, 2.45) is 0 Å². The maximum atomic E-state index is 12.3. The molecular formula is C13H16N2O3S2. The summed E-state index contributed by atoms with van der Waals surface area (Å²) in [6, 6.07) is 1.83. The molecule has 2 N–H and O–H groups in total. The van der Waals surface area contributed by atoms with E-state index in [-0.39, 0.29) is 18.0 Å². The molecule has 0 aliphatic heterocycles. The molecule has 0 atom stereocenters. The van der Waals surface area contributed by atoms with Gasteiger partial charge in [-0.2, -0.15) is 0 Å². The molecule has 20 heavy (non-hydrogen) atoms. The molecule has 0 unspecified atom stereocenters. The van der Waals surface area contributed by atoms with Crippen LogP contribution in [0.15, 0.2) is 28.7 Å². The van der Waals surface area contributed by atoms with Crippen LogP contribution in [0.2, 0.25) is 0 Å². The van der Waals surface area contributed by atoms with Gasteiger partial charge in [-0.05, 0) is 42.0 Å². The standard InChI is InChI=1S/C13H16N2O3S2/c1-9-3-4-14-5-11(9)6-15-20(17,18)13-10(2)8-19-12(13)7-16/h3-5,8,15-16H,6-7H2,1-2H3. The quantitative estimate of drug-likeness (QED) is 0.881. The summed E-state index contributed by atoms with van der Waals surface area (Å²) < 4.78 is 27.2. The highest BCUT2D eigenvalue weighted by Gasteiger charge is 2.22. The highest BCUT2D eigenvalue weighted by molar-refractivity contribution is 7.89. The summed E-state index contributed by atoms with van der Waals surface area (Å²) in [5.41, 5.74) is 2.45. The molecule has 2 heterocycles. The first kappa shape index (κ1) is 15.1. The van der Waals surface area contributed by atoms with E-state index in [1.165, 1.54) is 11.3 Å². The lowest BCUT2D eigenvalue weighted by molar-refractivity contribution is 0.282. The van der Waals surface area contributed by atoms with E-state index in [0.29, 0.717) is 10.4 Å². The van der Waals surface area contributed by atoms with Gasteiger partial charge in [0.25, 0.3) is 0 Å². The lowest BCUT2D eigenvalue weighted by atomic mass is 10.2. The Balaban J connectivity index is 2.24. The van der Waals surface area contributed by atoms with E-state index in [4.69, 9.17) is 0 Å². The van der Waals surface area contributed by atoms with E-state index in [1.54, 1.807) is 24.7 Å². The molecule has 2 aromatic rings. The molecule has 0 amide bonds. The molecule has 0 aromatic carbocycles. The van der Waals surface area contributed by atoms with Gasteiger partial charge in [0, 0.05) is 18.9 Å². The maximum absolute atomic E-state index is 12.3. The second-order valence-electron chi connectivity index (χ2n) is 4.46. The van der Waals surface area contributed by atoms with Crippen molar-refractivity contribution in [2.75, 3.05) is 0 Å². The number of aryl methyl sites for hydroxylation is 2. The van der Waals surface area contributed by atoms with Crippen LogP contribution in [0, 0.1) is 13.8 Å². The summed E-state index contributed by atoms with van der Waals surface area (Å²) in [5.74, 6) is 0.